The van der Waals surface area contributed by atoms with E-state index in [1.54, 1.807) is 6.92 Å². The van der Waals surface area contributed by atoms with Gasteiger partial charge < -0.3 is 14.4 Å². The summed E-state index contributed by atoms with van der Waals surface area (Å²) in [5.74, 6) is -0.816. The molecular weight excluding hydrogens is 627 g/mol. The van der Waals surface area contributed by atoms with Crippen LogP contribution in [0.2, 0.25) is 0 Å². The first-order chi connectivity index (χ1) is 23.3. The summed E-state index contributed by atoms with van der Waals surface area (Å²) in [7, 11) is -4.28. The van der Waals surface area contributed by atoms with E-state index < -0.39 is 26.5 Å². The summed E-state index contributed by atoms with van der Waals surface area (Å²) in [4.78, 5) is 34.6. The van der Waals surface area contributed by atoms with Gasteiger partial charge in [-0.3, -0.25) is 18.6 Å². The Morgan fingerprint density at radius 1 is 0.542 bits per heavy atom. The van der Waals surface area contributed by atoms with Gasteiger partial charge in [-0.05, 0) is 71.1 Å². The summed E-state index contributed by atoms with van der Waals surface area (Å²) in [6.45, 7) is 5.43. The van der Waals surface area contributed by atoms with Gasteiger partial charge in [0.15, 0.2) is 6.10 Å². The van der Waals surface area contributed by atoms with Crippen molar-refractivity contribution in [2.75, 3.05) is 19.8 Å². The molecule has 0 heterocycles. The molecule has 0 fully saturated rings. The molecule has 0 bridgehead atoms. The normalized spacial score (nSPS) is 13.7. The molecule has 0 saturated heterocycles. The molecule has 2 atom stereocenters. The molecule has 0 aliphatic carbocycles. The number of hydrogen-bond donors (Lipinski definition) is 1. The molecule has 8 nitrogen and oxygen atoms in total. The fourth-order valence-corrected chi connectivity index (χ4v) is 6.08. The summed E-state index contributed by atoms with van der Waals surface area (Å²) in [5, 5.41) is 0. The molecule has 0 aromatic rings. The maximum Gasteiger partial charge on any atom is 0.472 e. The first-order valence-corrected chi connectivity index (χ1v) is 21.1. The van der Waals surface area contributed by atoms with E-state index >= 15 is 0 Å². The molecule has 48 heavy (non-hydrogen) atoms. The van der Waals surface area contributed by atoms with Crippen LogP contribution in [-0.4, -0.2) is 42.8 Å². The van der Waals surface area contributed by atoms with Gasteiger partial charge in [0, 0.05) is 12.8 Å². The predicted molar refractivity (Wildman–Crippen MR) is 198 cm³/mol. The first kappa shape index (κ1) is 46.5. The van der Waals surface area contributed by atoms with Crippen molar-refractivity contribution in [1.29, 1.82) is 0 Å². The standard InChI is InChI=1S/C39H73O8P/c1-4-7-9-11-13-15-17-19-21-23-25-27-29-31-33-38(40)44-35-37(36-46-48(42,43)45-6-3)47-39(41)34-32-30-28-26-24-22-20-18-16-14-12-10-8-5-2/h17-20,37H,4-16,21-36H2,1-3H3,(H,42,43)/b19-17-,20-18-. The molecule has 0 aromatic heterocycles. The van der Waals surface area contributed by atoms with Gasteiger partial charge in [0.25, 0.3) is 0 Å². The van der Waals surface area contributed by atoms with Crippen molar-refractivity contribution in [2.45, 2.75) is 194 Å². The SMILES string of the molecule is CCCCCCC/C=C\CCCCCCCC(=O)OCC(COP(=O)(O)OCC)OC(=O)CCCCCCC/C=C\CCCCCCC. The molecular formula is C39H73O8P. The molecule has 0 spiro atoms. The quantitative estimate of drug-likeness (QED) is 0.0298. The Hall–Kier alpha value is -1.47. The fraction of sp³-hybridized carbons (Fsp3) is 0.846. The predicted octanol–water partition coefficient (Wildman–Crippen LogP) is 11.9. The van der Waals surface area contributed by atoms with Crippen LogP contribution >= 0.6 is 7.82 Å². The number of ether oxygens (including phenoxy) is 2. The summed E-state index contributed by atoms with van der Waals surface area (Å²) < 4.78 is 32.5. The Bertz CT molecular complexity index is 844. The molecule has 0 amide bonds. The molecule has 0 saturated carbocycles. The molecule has 0 rings (SSSR count). The lowest BCUT2D eigenvalue weighted by Gasteiger charge is -2.19. The lowest BCUT2D eigenvalue weighted by atomic mass is 10.1. The van der Waals surface area contributed by atoms with E-state index in [9.17, 15) is 19.0 Å². The van der Waals surface area contributed by atoms with Gasteiger partial charge in [0.2, 0.25) is 0 Å². The van der Waals surface area contributed by atoms with Crippen LogP contribution in [0.4, 0.5) is 0 Å². The minimum absolute atomic E-state index is 0.00146. The van der Waals surface area contributed by atoms with Crippen LogP contribution < -0.4 is 0 Å². The highest BCUT2D eigenvalue weighted by Gasteiger charge is 2.25. The summed E-state index contributed by atoms with van der Waals surface area (Å²) in [6.07, 6.45) is 36.5. The Labute approximate surface area is 294 Å². The van der Waals surface area contributed by atoms with Crippen LogP contribution in [0, 0.1) is 0 Å². The highest BCUT2D eigenvalue weighted by molar-refractivity contribution is 7.47. The van der Waals surface area contributed by atoms with Gasteiger partial charge in [-0.1, -0.05) is 128 Å². The number of phosphoric acid groups is 1. The Morgan fingerprint density at radius 2 is 0.938 bits per heavy atom. The number of hydrogen-bond acceptors (Lipinski definition) is 7. The van der Waals surface area contributed by atoms with E-state index in [-0.39, 0.29) is 32.0 Å². The molecule has 1 N–H and O–H groups in total. The van der Waals surface area contributed by atoms with Crippen molar-refractivity contribution in [3.05, 3.63) is 24.3 Å². The number of allylic oxidation sites excluding steroid dienone is 4. The van der Waals surface area contributed by atoms with Crippen LogP contribution in [0.15, 0.2) is 24.3 Å². The Balaban J connectivity index is 4.16. The number of esters is 2. The lowest BCUT2D eigenvalue weighted by molar-refractivity contribution is -0.161. The van der Waals surface area contributed by atoms with Crippen molar-refractivity contribution in [1.82, 2.24) is 0 Å². The smallest absolute Gasteiger partial charge is 0.462 e. The number of phosphoric ester groups is 1. The summed E-state index contributed by atoms with van der Waals surface area (Å²) in [6, 6.07) is 0. The van der Waals surface area contributed by atoms with Gasteiger partial charge in [-0.25, -0.2) is 4.57 Å². The number of carbonyl (C=O) groups is 2. The van der Waals surface area contributed by atoms with Crippen LogP contribution in [0.5, 0.6) is 0 Å². The molecule has 0 aliphatic rings. The highest BCUT2D eigenvalue weighted by Crippen LogP contribution is 2.43. The van der Waals surface area contributed by atoms with E-state index in [4.69, 9.17) is 18.5 Å². The second-order valence-corrected chi connectivity index (χ2v) is 14.4. The summed E-state index contributed by atoms with van der Waals surface area (Å²) in [5.41, 5.74) is 0. The average molecular weight is 701 g/mol. The van der Waals surface area contributed by atoms with Gasteiger partial charge in [0.05, 0.1) is 13.2 Å². The maximum atomic E-state index is 12.5. The van der Waals surface area contributed by atoms with Crippen LogP contribution in [0.3, 0.4) is 0 Å². The highest BCUT2D eigenvalue weighted by atomic mass is 31.2. The third-order valence-corrected chi connectivity index (χ3v) is 9.29. The van der Waals surface area contributed by atoms with Gasteiger partial charge >= 0.3 is 19.8 Å². The minimum Gasteiger partial charge on any atom is -0.462 e. The van der Waals surface area contributed by atoms with Gasteiger partial charge in [-0.15, -0.1) is 0 Å². The van der Waals surface area contributed by atoms with Crippen LogP contribution in [0.25, 0.3) is 0 Å². The van der Waals surface area contributed by atoms with Crippen molar-refractivity contribution >= 4 is 19.8 Å². The molecule has 0 aromatic carbocycles. The van der Waals surface area contributed by atoms with Crippen molar-refractivity contribution in [3.8, 4) is 0 Å². The van der Waals surface area contributed by atoms with Crippen LogP contribution in [-0.2, 0) is 32.7 Å². The van der Waals surface area contributed by atoms with E-state index in [0.29, 0.717) is 6.42 Å². The first-order valence-electron chi connectivity index (χ1n) is 19.6. The van der Waals surface area contributed by atoms with Crippen LogP contribution in [0.1, 0.15) is 188 Å². The van der Waals surface area contributed by atoms with E-state index in [1.807, 2.05) is 0 Å². The van der Waals surface area contributed by atoms with Crippen molar-refractivity contribution < 1.29 is 37.6 Å². The summed E-state index contributed by atoms with van der Waals surface area (Å²) >= 11 is 0. The van der Waals surface area contributed by atoms with Gasteiger partial charge in [0.1, 0.15) is 6.61 Å². The molecule has 2 unspecified atom stereocenters. The second kappa shape index (κ2) is 35.4. The van der Waals surface area contributed by atoms with Crippen molar-refractivity contribution in [2.24, 2.45) is 0 Å². The second-order valence-electron chi connectivity index (χ2n) is 12.9. The fourth-order valence-electron chi connectivity index (χ4n) is 5.32. The maximum absolute atomic E-state index is 12.5. The zero-order valence-corrected chi connectivity index (χ0v) is 32.0. The average Bonchev–Trinajstić information content (AvgIpc) is 3.06. The van der Waals surface area contributed by atoms with E-state index in [2.05, 4.69) is 38.2 Å². The lowest BCUT2D eigenvalue weighted by Crippen LogP contribution is -2.29. The number of unbranched alkanes of at least 4 members (excludes halogenated alkanes) is 20. The Morgan fingerprint density at radius 3 is 1.38 bits per heavy atom. The molecule has 0 aliphatic heterocycles. The van der Waals surface area contributed by atoms with E-state index in [1.165, 1.54) is 77.0 Å². The Kier molecular flexibility index (Phi) is 34.3. The number of rotatable bonds is 36. The number of carbonyl (C=O) groups excluding carboxylic acids is 2. The molecule has 0 radical (unpaired) electrons. The molecule has 282 valence electrons. The van der Waals surface area contributed by atoms with E-state index in [0.717, 1.165) is 70.6 Å². The zero-order valence-electron chi connectivity index (χ0n) is 31.1. The third-order valence-electron chi connectivity index (χ3n) is 8.23. The van der Waals surface area contributed by atoms with Gasteiger partial charge in [-0.2, -0.15) is 0 Å². The monoisotopic (exact) mass is 701 g/mol. The molecule has 9 heteroatoms. The topological polar surface area (TPSA) is 108 Å². The third kappa shape index (κ3) is 34.4. The van der Waals surface area contributed by atoms with Crippen molar-refractivity contribution in [3.63, 3.8) is 0 Å². The minimum atomic E-state index is -4.28. The zero-order chi connectivity index (χ0) is 35.4. The largest absolute Gasteiger partial charge is 0.472 e.